The summed E-state index contributed by atoms with van der Waals surface area (Å²) in [5.41, 5.74) is 4.13. The molecule has 2 saturated heterocycles. The van der Waals surface area contributed by atoms with E-state index in [9.17, 15) is 10.1 Å². The second kappa shape index (κ2) is 7.55. The molecule has 7 nitrogen and oxygen atoms in total. The maximum absolute atomic E-state index is 13.3. The average Bonchev–Trinajstić information content (AvgIpc) is 3.34. The molecule has 7 heteroatoms. The highest BCUT2D eigenvalue weighted by atomic mass is 16.2. The maximum atomic E-state index is 13.3. The number of fused-ring (bicyclic) bond motifs is 3. The second-order valence-electron chi connectivity index (χ2n) is 8.31. The predicted molar refractivity (Wildman–Crippen MR) is 119 cm³/mol. The van der Waals surface area contributed by atoms with E-state index < -0.39 is 0 Å². The van der Waals surface area contributed by atoms with Crippen LogP contribution in [0, 0.1) is 16.7 Å². The Labute approximate surface area is 180 Å². The number of amides is 1. The minimum Gasteiger partial charge on any atom is -0.388 e. The van der Waals surface area contributed by atoms with Gasteiger partial charge in [0.2, 0.25) is 0 Å². The molecule has 4 heterocycles. The Bertz CT molecular complexity index is 1220. The van der Waals surface area contributed by atoms with E-state index in [4.69, 9.17) is 5.41 Å². The van der Waals surface area contributed by atoms with E-state index in [1.54, 1.807) is 36.0 Å². The average molecular weight is 412 g/mol. The summed E-state index contributed by atoms with van der Waals surface area (Å²) in [6.07, 6.45) is 8.96. The highest BCUT2D eigenvalue weighted by molar-refractivity contribution is 6.14. The van der Waals surface area contributed by atoms with Crippen molar-refractivity contribution < 1.29 is 4.79 Å². The van der Waals surface area contributed by atoms with E-state index in [1.165, 1.54) is 6.42 Å². The van der Waals surface area contributed by atoms with Crippen molar-refractivity contribution in [3.63, 3.8) is 0 Å². The van der Waals surface area contributed by atoms with E-state index in [0.717, 1.165) is 31.4 Å². The lowest BCUT2D eigenvalue weighted by Gasteiger charge is -2.35. The molecule has 2 aliphatic rings. The SMILES string of the molecule is CNc1cc(C(=O)N2C3CCCC2CC3)ccc1C(=N)c1cnc2ccc(C#N)cn12. The fourth-order valence-corrected chi connectivity index (χ4v) is 5.07. The summed E-state index contributed by atoms with van der Waals surface area (Å²) in [7, 11) is 1.80. The number of hydrogen-bond donors (Lipinski definition) is 2. The van der Waals surface area contributed by atoms with Crippen molar-refractivity contribution in [2.75, 3.05) is 12.4 Å². The number of nitrogens with one attached hydrogen (secondary N) is 2. The smallest absolute Gasteiger partial charge is 0.254 e. The third-order valence-electron chi connectivity index (χ3n) is 6.63. The Morgan fingerprint density at radius 1 is 1.19 bits per heavy atom. The molecule has 2 atom stereocenters. The van der Waals surface area contributed by atoms with Crippen LogP contribution in [0.4, 0.5) is 5.69 Å². The number of anilines is 1. The number of nitriles is 1. The Morgan fingerprint density at radius 3 is 2.68 bits per heavy atom. The van der Waals surface area contributed by atoms with Crippen LogP contribution in [0.2, 0.25) is 0 Å². The summed E-state index contributed by atoms with van der Waals surface area (Å²) in [5.74, 6) is 0.0928. The Hall–Kier alpha value is -3.66. The highest BCUT2D eigenvalue weighted by Gasteiger charge is 2.39. The number of carbonyl (C=O) groups is 1. The predicted octanol–water partition coefficient (Wildman–Crippen LogP) is 3.82. The van der Waals surface area contributed by atoms with Gasteiger partial charge in [0.05, 0.1) is 23.2 Å². The number of hydrogen-bond acceptors (Lipinski definition) is 5. The fourth-order valence-electron chi connectivity index (χ4n) is 5.07. The largest absolute Gasteiger partial charge is 0.388 e. The van der Waals surface area contributed by atoms with Crippen LogP contribution in [0.25, 0.3) is 5.65 Å². The first kappa shape index (κ1) is 19.3. The van der Waals surface area contributed by atoms with Crippen LogP contribution in [0.3, 0.4) is 0 Å². The molecule has 2 fully saturated rings. The molecule has 1 aromatic carbocycles. The van der Waals surface area contributed by atoms with Crippen LogP contribution in [0.5, 0.6) is 0 Å². The summed E-state index contributed by atoms with van der Waals surface area (Å²) in [5, 5.41) is 21.2. The molecule has 2 aromatic heterocycles. The van der Waals surface area contributed by atoms with E-state index >= 15 is 0 Å². The van der Waals surface area contributed by atoms with Gasteiger partial charge in [0.25, 0.3) is 5.91 Å². The first-order chi connectivity index (χ1) is 15.1. The molecular weight excluding hydrogens is 388 g/mol. The molecule has 2 unspecified atom stereocenters. The third-order valence-corrected chi connectivity index (χ3v) is 6.63. The number of carbonyl (C=O) groups excluding carboxylic acids is 1. The van der Waals surface area contributed by atoms with E-state index in [2.05, 4.69) is 21.3 Å². The highest BCUT2D eigenvalue weighted by Crippen LogP contribution is 2.37. The van der Waals surface area contributed by atoms with Crippen molar-refractivity contribution >= 4 is 23.0 Å². The molecule has 0 saturated carbocycles. The number of rotatable bonds is 4. The molecule has 0 spiro atoms. The second-order valence-corrected chi connectivity index (χ2v) is 8.31. The molecule has 3 aromatic rings. The Morgan fingerprint density at radius 2 is 1.97 bits per heavy atom. The van der Waals surface area contributed by atoms with Crippen molar-refractivity contribution in [2.45, 2.75) is 44.2 Å². The molecular formula is C24H24N6O. The maximum Gasteiger partial charge on any atom is 0.254 e. The van der Waals surface area contributed by atoms with Gasteiger partial charge in [-0.15, -0.1) is 0 Å². The van der Waals surface area contributed by atoms with Crippen LogP contribution < -0.4 is 5.32 Å². The molecule has 1 amide bonds. The van der Waals surface area contributed by atoms with Gasteiger partial charge in [-0.2, -0.15) is 5.26 Å². The summed E-state index contributed by atoms with van der Waals surface area (Å²) in [4.78, 5) is 19.7. The van der Waals surface area contributed by atoms with E-state index in [1.807, 2.05) is 18.2 Å². The summed E-state index contributed by atoms with van der Waals surface area (Å²) in [6, 6.07) is 11.9. The van der Waals surface area contributed by atoms with Crippen LogP contribution in [-0.4, -0.2) is 45.0 Å². The molecule has 0 radical (unpaired) electrons. The molecule has 2 bridgehead atoms. The van der Waals surface area contributed by atoms with Crippen molar-refractivity contribution in [1.82, 2.24) is 14.3 Å². The summed E-state index contributed by atoms with van der Waals surface area (Å²) >= 11 is 0. The van der Waals surface area contributed by atoms with Gasteiger partial charge in [0, 0.05) is 42.1 Å². The van der Waals surface area contributed by atoms with Crippen LogP contribution in [0.1, 0.15) is 59.3 Å². The zero-order valence-corrected chi connectivity index (χ0v) is 17.4. The Kier molecular flexibility index (Phi) is 4.70. The topological polar surface area (TPSA) is 97.3 Å². The number of aromatic nitrogens is 2. The number of imidazole rings is 1. The summed E-state index contributed by atoms with van der Waals surface area (Å²) < 4.78 is 1.75. The number of benzene rings is 1. The van der Waals surface area contributed by atoms with Gasteiger partial charge in [-0.3, -0.25) is 14.6 Å². The zero-order valence-electron chi connectivity index (χ0n) is 17.4. The third kappa shape index (κ3) is 3.15. The standard InChI is InChI=1S/C24H24N6O/c1-27-20-11-16(24(31)30-17-3-2-4-18(30)8-7-17)6-9-19(20)23(26)21-13-28-22-10-5-15(12-25)14-29(21)22/h5-6,9-11,13-14,17-18,26-27H,2-4,7-8H2,1H3. The van der Waals surface area contributed by atoms with Gasteiger partial charge in [-0.25, -0.2) is 4.98 Å². The van der Waals surface area contributed by atoms with Crippen molar-refractivity contribution in [2.24, 2.45) is 0 Å². The van der Waals surface area contributed by atoms with Crippen LogP contribution >= 0.6 is 0 Å². The van der Waals surface area contributed by atoms with Gasteiger partial charge in [0.1, 0.15) is 11.7 Å². The summed E-state index contributed by atoms with van der Waals surface area (Å²) in [6.45, 7) is 0. The normalized spacial score (nSPS) is 19.9. The van der Waals surface area contributed by atoms with Crippen molar-refractivity contribution in [3.8, 4) is 6.07 Å². The van der Waals surface area contributed by atoms with Gasteiger partial charge in [0.15, 0.2) is 0 Å². The molecule has 31 heavy (non-hydrogen) atoms. The van der Waals surface area contributed by atoms with Gasteiger partial charge >= 0.3 is 0 Å². The van der Waals surface area contributed by atoms with Crippen LogP contribution in [-0.2, 0) is 0 Å². The molecule has 156 valence electrons. The van der Waals surface area contributed by atoms with E-state index in [0.29, 0.717) is 40.1 Å². The van der Waals surface area contributed by atoms with Gasteiger partial charge in [-0.1, -0.05) is 0 Å². The molecule has 2 N–H and O–H groups in total. The lowest BCUT2D eigenvalue weighted by Crippen LogP contribution is -2.44. The first-order valence-corrected chi connectivity index (χ1v) is 10.7. The van der Waals surface area contributed by atoms with E-state index in [-0.39, 0.29) is 11.6 Å². The number of pyridine rings is 1. The minimum absolute atomic E-state index is 0.0928. The quantitative estimate of drug-likeness (QED) is 0.637. The molecule has 5 rings (SSSR count). The minimum atomic E-state index is 0.0928. The lowest BCUT2D eigenvalue weighted by molar-refractivity contribution is 0.0595. The zero-order chi connectivity index (χ0) is 21.5. The molecule has 0 aliphatic carbocycles. The lowest BCUT2D eigenvalue weighted by atomic mass is 9.99. The van der Waals surface area contributed by atoms with Gasteiger partial charge in [-0.05, 0) is 62.4 Å². The van der Waals surface area contributed by atoms with Crippen molar-refractivity contribution in [3.05, 3.63) is 65.1 Å². The number of nitrogens with zero attached hydrogens (tertiary/aromatic N) is 4. The van der Waals surface area contributed by atoms with Crippen LogP contribution in [0.15, 0.2) is 42.7 Å². The van der Waals surface area contributed by atoms with Gasteiger partial charge < -0.3 is 10.2 Å². The molecule has 2 aliphatic heterocycles. The number of piperidine rings is 1. The van der Waals surface area contributed by atoms with Crippen molar-refractivity contribution in [1.29, 1.82) is 10.7 Å². The monoisotopic (exact) mass is 412 g/mol. The Balaban J connectivity index is 1.49. The fraction of sp³-hybridized carbons (Fsp3) is 0.333. The first-order valence-electron chi connectivity index (χ1n) is 10.7.